The monoisotopic (exact) mass is 342 g/mol. The number of carbonyl (C=O) groups is 3. The van der Waals surface area contributed by atoms with E-state index in [2.05, 4.69) is 0 Å². The molecule has 1 N–H and O–H groups in total. The molecule has 1 rings (SSSR count). The van der Waals surface area contributed by atoms with Crippen LogP contribution < -0.4 is 0 Å². The minimum atomic E-state index is -0.635. The first-order valence-corrected chi connectivity index (χ1v) is 7.61. The Morgan fingerprint density at radius 3 is 1.62 bits per heavy atom. The summed E-state index contributed by atoms with van der Waals surface area (Å²) < 4.78 is 10.1. The lowest BCUT2D eigenvalue weighted by Crippen LogP contribution is -2.34. The summed E-state index contributed by atoms with van der Waals surface area (Å²) in [4.78, 5) is 27.7. The normalized spacial score (nSPS) is 22.5. The average Bonchev–Trinajstić information content (AvgIpc) is 2.49. The number of aldehydes is 3. The van der Waals surface area contributed by atoms with E-state index in [4.69, 9.17) is 19.4 Å². The molecule has 6 heteroatoms. The smallest absolute Gasteiger partial charge is 0.160 e. The van der Waals surface area contributed by atoms with Crippen LogP contribution in [0.3, 0.4) is 0 Å². The van der Waals surface area contributed by atoms with Gasteiger partial charge in [0.1, 0.15) is 18.9 Å². The van der Waals surface area contributed by atoms with Crippen molar-refractivity contribution in [3.8, 4) is 0 Å². The van der Waals surface area contributed by atoms with Gasteiger partial charge in [0.15, 0.2) is 12.6 Å². The van der Waals surface area contributed by atoms with Gasteiger partial charge in [-0.2, -0.15) is 0 Å². The molecule has 0 bridgehead atoms. The second-order valence-corrected chi connectivity index (χ2v) is 4.29. The summed E-state index contributed by atoms with van der Waals surface area (Å²) in [5.41, 5.74) is 0. The fourth-order valence-electron chi connectivity index (χ4n) is 1.27. The van der Waals surface area contributed by atoms with Crippen molar-refractivity contribution in [2.75, 3.05) is 0 Å². The number of hydrogen-bond acceptors (Lipinski definition) is 6. The highest BCUT2D eigenvalue weighted by atomic mass is 16.7. The van der Waals surface area contributed by atoms with Crippen molar-refractivity contribution in [2.45, 2.75) is 59.7 Å². The first kappa shape index (κ1) is 27.0. The summed E-state index contributed by atoms with van der Waals surface area (Å²) in [6, 6.07) is 0. The number of ether oxygens (including phenoxy) is 2. The molecule has 24 heavy (non-hydrogen) atoms. The number of allylic oxidation sites excluding steroid dienone is 6. The summed E-state index contributed by atoms with van der Waals surface area (Å²) >= 11 is 0. The van der Waals surface area contributed by atoms with E-state index in [1.165, 1.54) is 19.1 Å². The van der Waals surface area contributed by atoms with Crippen LogP contribution in [-0.2, 0) is 23.9 Å². The van der Waals surface area contributed by atoms with Gasteiger partial charge in [0.2, 0.25) is 0 Å². The van der Waals surface area contributed by atoms with Crippen LogP contribution in [0.15, 0.2) is 36.5 Å². The van der Waals surface area contributed by atoms with E-state index >= 15 is 0 Å². The molecule has 1 aliphatic rings. The van der Waals surface area contributed by atoms with Gasteiger partial charge in [0, 0.05) is 6.42 Å². The van der Waals surface area contributed by atoms with Gasteiger partial charge in [-0.05, 0) is 46.8 Å². The number of carbonyl (C=O) groups excluding carboxylic acids is 3. The van der Waals surface area contributed by atoms with E-state index in [0.29, 0.717) is 6.42 Å². The lowest BCUT2D eigenvalue weighted by atomic mass is 10.2. The van der Waals surface area contributed by atoms with Gasteiger partial charge in [-0.15, -0.1) is 0 Å². The molecule has 0 amide bonds. The summed E-state index contributed by atoms with van der Waals surface area (Å²) in [7, 11) is 0. The molecule has 3 unspecified atom stereocenters. The summed E-state index contributed by atoms with van der Waals surface area (Å²) in [6.45, 7) is 8.84. The van der Waals surface area contributed by atoms with Gasteiger partial charge in [0.25, 0.3) is 0 Å². The lowest BCUT2D eigenvalue weighted by Gasteiger charge is -2.29. The number of hydrogen-bond donors (Lipinski definition) is 1. The van der Waals surface area contributed by atoms with E-state index in [9.17, 15) is 9.59 Å². The highest BCUT2D eigenvalue weighted by Gasteiger charge is 2.22. The molecule has 138 valence electrons. The fourth-order valence-corrected chi connectivity index (χ4v) is 1.27. The molecule has 0 spiro atoms. The first-order chi connectivity index (χ1) is 11.4. The van der Waals surface area contributed by atoms with Crippen LogP contribution in [0.5, 0.6) is 0 Å². The minimum Gasteiger partial charge on any atom is -0.368 e. The third-order valence-electron chi connectivity index (χ3n) is 2.07. The third kappa shape index (κ3) is 28.3. The Balaban J connectivity index is -0.000000264. The maximum Gasteiger partial charge on any atom is 0.160 e. The molecule has 0 radical (unpaired) electrons. The number of aliphatic hydroxyl groups excluding tert-OH is 1. The van der Waals surface area contributed by atoms with Crippen molar-refractivity contribution in [3.63, 3.8) is 0 Å². The number of rotatable bonds is 3. The predicted octanol–water partition coefficient (Wildman–Crippen LogP) is 2.76. The predicted molar refractivity (Wildman–Crippen MR) is 94.4 cm³/mol. The zero-order valence-corrected chi connectivity index (χ0v) is 15.1. The third-order valence-corrected chi connectivity index (χ3v) is 2.07. The molecule has 1 aliphatic heterocycles. The van der Waals surface area contributed by atoms with Crippen LogP contribution in [0, 0.1) is 0 Å². The van der Waals surface area contributed by atoms with Gasteiger partial charge >= 0.3 is 0 Å². The van der Waals surface area contributed by atoms with Crippen LogP contribution in [0.2, 0.25) is 0 Å². The summed E-state index contributed by atoms with van der Waals surface area (Å²) in [6.07, 6.45) is 12.0. The van der Waals surface area contributed by atoms with Gasteiger partial charge < -0.3 is 19.4 Å². The second kappa shape index (κ2) is 23.4. The van der Waals surface area contributed by atoms with Crippen LogP contribution in [0.4, 0.5) is 0 Å². The van der Waals surface area contributed by atoms with Crippen molar-refractivity contribution in [1.29, 1.82) is 0 Å². The van der Waals surface area contributed by atoms with Gasteiger partial charge in [-0.3, -0.25) is 9.59 Å². The largest absolute Gasteiger partial charge is 0.368 e. The van der Waals surface area contributed by atoms with E-state index in [1.807, 2.05) is 19.9 Å². The van der Waals surface area contributed by atoms with Crippen molar-refractivity contribution < 1.29 is 29.0 Å². The van der Waals surface area contributed by atoms with Crippen molar-refractivity contribution in [3.05, 3.63) is 36.5 Å². The Morgan fingerprint density at radius 2 is 1.33 bits per heavy atom. The topological polar surface area (TPSA) is 89.9 Å². The van der Waals surface area contributed by atoms with Crippen molar-refractivity contribution >= 4 is 18.9 Å². The molecule has 1 saturated heterocycles. The molecule has 0 saturated carbocycles. The van der Waals surface area contributed by atoms with E-state index in [0.717, 1.165) is 18.9 Å². The maximum absolute atomic E-state index is 9.56. The molecule has 6 nitrogen and oxygen atoms in total. The Morgan fingerprint density at radius 1 is 0.833 bits per heavy atom. The zero-order valence-electron chi connectivity index (χ0n) is 15.1. The molecular weight excluding hydrogens is 312 g/mol. The molecule has 0 aromatic heterocycles. The number of aliphatic hydroxyl groups is 1. The van der Waals surface area contributed by atoms with Gasteiger partial charge in [-0.25, -0.2) is 0 Å². The van der Waals surface area contributed by atoms with Gasteiger partial charge in [0.05, 0.1) is 6.10 Å². The Bertz CT molecular complexity index is 349. The van der Waals surface area contributed by atoms with Crippen LogP contribution >= 0.6 is 0 Å². The van der Waals surface area contributed by atoms with Crippen LogP contribution in [0.25, 0.3) is 0 Å². The summed E-state index contributed by atoms with van der Waals surface area (Å²) in [5.74, 6) is 0. The molecule has 3 atom stereocenters. The van der Waals surface area contributed by atoms with Crippen molar-refractivity contribution in [2.24, 2.45) is 0 Å². The fraction of sp³-hybridized carbons (Fsp3) is 0.500. The molecule has 1 fully saturated rings. The highest BCUT2D eigenvalue weighted by Crippen LogP contribution is 2.15. The highest BCUT2D eigenvalue weighted by molar-refractivity contribution is 5.65. The van der Waals surface area contributed by atoms with Crippen LogP contribution in [-0.4, -0.2) is 42.6 Å². The Labute approximate surface area is 144 Å². The second-order valence-electron chi connectivity index (χ2n) is 4.29. The van der Waals surface area contributed by atoms with Crippen LogP contribution in [0.1, 0.15) is 41.0 Å². The molecular formula is C18H30O6. The molecule has 0 aromatic carbocycles. The zero-order chi connectivity index (χ0) is 19.2. The van der Waals surface area contributed by atoms with E-state index in [1.54, 1.807) is 32.1 Å². The first-order valence-electron chi connectivity index (χ1n) is 7.61. The summed E-state index contributed by atoms with van der Waals surface area (Å²) in [5, 5.41) is 8.95. The van der Waals surface area contributed by atoms with E-state index < -0.39 is 6.29 Å². The SMILES string of the molecule is C/C=C/C=C/C=O.C/C=C/C=O.CC1CC(O)OC(C)O1.CC=O. The minimum absolute atomic E-state index is 0.115. The molecule has 0 aliphatic carbocycles. The quantitative estimate of drug-likeness (QED) is 0.482. The maximum atomic E-state index is 9.56. The molecule has 1 heterocycles. The molecule has 0 aromatic rings. The Kier molecular flexibility index (Phi) is 26.3. The van der Waals surface area contributed by atoms with Crippen molar-refractivity contribution in [1.82, 2.24) is 0 Å². The standard InChI is InChI=1S/C6H12O3.C6H8O.C4H6O.C2H4O/c1-4-3-6(7)9-5(2)8-4;1-2-3-4-5-6-7;1-2-3-4-5;1-2-3/h4-7H,3H2,1-2H3;2-6H,1H3;2-4H,1H3;2H,1H3/b;3-2+,5-4+;3-2+;. The van der Waals surface area contributed by atoms with E-state index in [-0.39, 0.29) is 12.4 Å². The Hall–Kier alpha value is -1.89. The van der Waals surface area contributed by atoms with Gasteiger partial charge in [-0.1, -0.05) is 24.3 Å². The average molecular weight is 342 g/mol. The lowest BCUT2D eigenvalue weighted by molar-refractivity contribution is -0.283.